The van der Waals surface area contributed by atoms with E-state index >= 15 is 0 Å². The highest BCUT2D eigenvalue weighted by Crippen LogP contribution is 2.36. The smallest absolute Gasteiger partial charge is 0.329 e. The Balaban J connectivity index is 1.59. The monoisotopic (exact) mass is 348 g/mol. The van der Waals surface area contributed by atoms with Crippen LogP contribution >= 0.6 is 0 Å². The summed E-state index contributed by atoms with van der Waals surface area (Å²) in [6.45, 7) is 1.16. The summed E-state index contributed by atoms with van der Waals surface area (Å²) in [4.78, 5) is 62.5. The van der Waals surface area contributed by atoms with Crippen LogP contribution in [0.25, 0.3) is 0 Å². The van der Waals surface area contributed by atoms with E-state index < -0.39 is 36.4 Å². The molecule has 0 saturated carbocycles. The Hall–Kier alpha value is -2.51. The first kappa shape index (κ1) is 17.3. The molecular weight excluding hydrogens is 328 g/mol. The number of likely N-dealkylation sites (tertiary alicyclic amines) is 2. The molecule has 0 aromatic rings. The van der Waals surface area contributed by atoms with E-state index in [0.717, 1.165) is 9.80 Å². The average Bonchev–Trinajstić information content (AvgIpc) is 3.14. The van der Waals surface area contributed by atoms with Crippen LogP contribution in [0.2, 0.25) is 0 Å². The lowest BCUT2D eigenvalue weighted by Crippen LogP contribution is -2.45. The van der Waals surface area contributed by atoms with Crippen molar-refractivity contribution >= 4 is 29.6 Å². The van der Waals surface area contributed by atoms with Gasteiger partial charge < -0.3 is 4.74 Å². The van der Waals surface area contributed by atoms with Crippen LogP contribution in [0.4, 0.5) is 0 Å². The molecule has 1 aliphatic carbocycles. The van der Waals surface area contributed by atoms with E-state index in [1.54, 1.807) is 0 Å². The highest BCUT2D eigenvalue weighted by Gasteiger charge is 2.50. The molecule has 3 atom stereocenters. The number of hydrogen-bond donors (Lipinski definition) is 0. The zero-order chi connectivity index (χ0) is 18.1. The molecular formula is C17H20N2O6. The van der Waals surface area contributed by atoms with Crippen LogP contribution in [0.5, 0.6) is 0 Å². The van der Waals surface area contributed by atoms with Crippen LogP contribution in [0.15, 0.2) is 12.2 Å². The number of esters is 1. The van der Waals surface area contributed by atoms with Gasteiger partial charge in [0.25, 0.3) is 5.91 Å². The number of fused-ring (bicyclic) bond motifs is 1. The minimum atomic E-state index is -1.09. The third-order valence-electron chi connectivity index (χ3n) is 4.98. The minimum Gasteiger partial charge on any atom is -0.454 e. The van der Waals surface area contributed by atoms with Crippen molar-refractivity contribution in [3.05, 3.63) is 12.2 Å². The van der Waals surface area contributed by atoms with E-state index in [-0.39, 0.29) is 17.7 Å². The molecule has 0 N–H and O–H groups in total. The summed E-state index contributed by atoms with van der Waals surface area (Å²) in [6, 6.07) is -1.09. The number of carbonyl (C=O) groups excluding carboxylic acids is 5. The number of hydrogen-bond acceptors (Lipinski definition) is 6. The predicted octanol–water partition coefficient (Wildman–Crippen LogP) is 0.0183. The summed E-state index contributed by atoms with van der Waals surface area (Å²) in [5.41, 5.74) is 0. The largest absolute Gasteiger partial charge is 0.454 e. The summed E-state index contributed by atoms with van der Waals surface area (Å²) in [7, 11) is 0. The standard InChI is InChI=1S/C17H20N2O6/c1-10(17(24)25-9-14(21)18-8-4-7-13(18)20)19-15(22)11-5-2-3-6-12(11)16(19)23/h2-3,10-12H,4-9H2,1H3/t10-,11-,12-/m0/s1. The molecule has 0 bridgehead atoms. The summed E-state index contributed by atoms with van der Waals surface area (Å²) < 4.78 is 4.94. The number of amides is 4. The molecule has 0 unspecified atom stereocenters. The van der Waals surface area contributed by atoms with Gasteiger partial charge in [-0.3, -0.25) is 29.0 Å². The zero-order valence-electron chi connectivity index (χ0n) is 14.0. The van der Waals surface area contributed by atoms with Crippen molar-refractivity contribution in [1.29, 1.82) is 0 Å². The SMILES string of the molecule is C[C@@H](C(=O)OCC(=O)N1CCCC1=O)N1C(=O)[C@H]2CC=CC[C@@H]2C1=O. The minimum absolute atomic E-state index is 0.282. The molecule has 0 spiro atoms. The second-order valence-electron chi connectivity index (χ2n) is 6.53. The number of nitrogens with zero attached hydrogens (tertiary/aromatic N) is 2. The Morgan fingerprint density at radius 2 is 1.76 bits per heavy atom. The Morgan fingerprint density at radius 3 is 2.28 bits per heavy atom. The van der Waals surface area contributed by atoms with E-state index in [0.29, 0.717) is 32.2 Å². The van der Waals surface area contributed by atoms with Crippen molar-refractivity contribution < 1.29 is 28.7 Å². The van der Waals surface area contributed by atoms with Crippen molar-refractivity contribution in [3.8, 4) is 0 Å². The summed E-state index contributed by atoms with van der Waals surface area (Å²) in [6.07, 6.45) is 5.62. The summed E-state index contributed by atoms with van der Waals surface area (Å²) in [5.74, 6) is -3.27. The predicted molar refractivity (Wildman–Crippen MR) is 83.6 cm³/mol. The first-order valence-corrected chi connectivity index (χ1v) is 8.43. The molecule has 3 rings (SSSR count). The van der Waals surface area contributed by atoms with Crippen molar-refractivity contribution in [2.45, 2.75) is 38.6 Å². The van der Waals surface area contributed by atoms with Crippen molar-refractivity contribution in [2.24, 2.45) is 11.8 Å². The fourth-order valence-electron chi connectivity index (χ4n) is 3.56. The van der Waals surface area contributed by atoms with Gasteiger partial charge in [-0.2, -0.15) is 0 Å². The van der Waals surface area contributed by atoms with E-state index in [4.69, 9.17) is 4.74 Å². The second kappa shape index (κ2) is 6.78. The van der Waals surface area contributed by atoms with Crippen molar-refractivity contribution in [1.82, 2.24) is 9.80 Å². The molecule has 2 fully saturated rings. The maximum atomic E-state index is 12.4. The van der Waals surface area contributed by atoms with E-state index in [2.05, 4.69) is 0 Å². The first-order valence-electron chi connectivity index (χ1n) is 8.43. The highest BCUT2D eigenvalue weighted by atomic mass is 16.5. The van der Waals surface area contributed by atoms with Crippen LogP contribution in [0.3, 0.4) is 0 Å². The van der Waals surface area contributed by atoms with E-state index in [1.807, 2.05) is 12.2 Å². The van der Waals surface area contributed by atoms with Crippen LogP contribution < -0.4 is 0 Å². The van der Waals surface area contributed by atoms with Gasteiger partial charge in [-0.25, -0.2) is 4.79 Å². The molecule has 25 heavy (non-hydrogen) atoms. The third kappa shape index (κ3) is 3.08. The zero-order valence-corrected chi connectivity index (χ0v) is 14.0. The quantitative estimate of drug-likeness (QED) is 0.403. The van der Waals surface area contributed by atoms with Crippen LogP contribution in [-0.4, -0.2) is 58.6 Å². The topological polar surface area (TPSA) is 101 Å². The number of imide groups is 2. The van der Waals surface area contributed by atoms with Gasteiger partial charge in [0.2, 0.25) is 17.7 Å². The molecule has 134 valence electrons. The third-order valence-corrected chi connectivity index (χ3v) is 4.98. The van der Waals surface area contributed by atoms with Gasteiger partial charge >= 0.3 is 5.97 Å². The van der Waals surface area contributed by atoms with Gasteiger partial charge in [0.15, 0.2) is 6.61 Å². The average molecular weight is 348 g/mol. The number of rotatable bonds is 4. The fraction of sp³-hybridized carbons (Fsp3) is 0.588. The van der Waals surface area contributed by atoms with Gasteiger partial charge in [-0.05, 0) is 26.2 Å². The molecule has 0 aromatic heterocycles. The molecule has 4 amide bonds. The maximum Gasteiger partial charge on any atom is 0.329 e. The van der Waals surface area contributed by atoms with Gasteiger partial charge in [0, 0.05) is 13.0 Å². The van der Waals surface area contributed by atoms with Crippen LogP contribution in [0, 0.1) is 11.8 Å². The summed E-state index contributed by atoms with van der Waals surface area (Å²) >= 11 is 0. The van der Waals surface area contributed by atoms with E-state index in [1.165, 1.54) is 6.92 Å². The van der Waals surface area contributed by atoms with Crippen molar-refractivity contribution in [3.63, 3.8) is 0 Å². The Bertz CT molecular complexity index is 644. The maximum absolute atomic E-state index is 12.4. The molecule has 2 aliphatic heterocycles. The Kier molecular flexibility index (Phi) is 4.69. The van der Waals surface area contributed by atoms with Gasteiger partial charge in [-0.15, -0.1) is 0 Å². The first-order chi connectivity index (χ1) is 11.9. The van der Waals surface area contributed by atoms with Gasteiger partial charge in [0.05, 0.1) is 11.8 Å². The fourth-order valence-corrected chi connectivity index (χ4v) is 3.56. The number of ether oxygens (including phenoxy) is 1. The molecule has 2 heterocycles. The highest BCUT2D eigenvalue weighted by molar-refractivity contribution is 6.08. The number of allylic oxidation sites excluding steroid dienone is 2. The Morgan fingerprint density at radius 1 is 1.16 bits per heavy atom. The summed E-state index contributed by atoms with van der Waals surface area (Å²) in [5, 5.41) is 0. The molecule has 0 radical (unpaired) electrons. The number of carbonyl (C=O) groups is 5. The van der Waals surface area contributed by atoms with Gasteiger partial charge in [-0.1, -0.05) is 12.2 Å². The Labute approximate surface area is 144 Å². The lowest BCUT2D eigenvalue weighted by atomic mass is 9.85. The van der Waals surface area contributed by atoms with Crippen LogP contribution in [0.1, 0.15) is 32.6 Å². The molecule has 8 nitrogen and oxygen atoms in total. The molecule has 2 saturated heterocycles. The molecule has 8 heteroatoms. The van der Waals surface area contributed by atoms with Crippen molar-refractivity contribution in [2.75, 3.05) is 13.2 Å². The van der Waals surface area contributed by atoms with Gasteiger partial charge in [0.1, 0.15) is 6.04 Å². The van der Waals surface area contributed by atoms with Crippen LogP contribution in [-0.2, 0) is 28.7 Å². The van der Waals surface area contributed by atoms with E-state index in [9.17, 15) is 24.0 Å². The lowest BCUT2D eigenvalue weighted by Gasteiger charge is -2.22. The lowest BCUT2D eigenvalue weighted by molar-refractivity contribution is -0.161. The second-order valence-corrected chi connectivity index (χ2v) is 6.53. The molecule has 0 aromatic carbocycles. The molecule has 3 aliphatic rings. The normalized spacial score (nSPS) is 26.8.